The van der Waals surface area contributed by atoms with Crippen LogP contribution in [-0.2, 0) is 6.54 Å². The summed E-state index contributed by atoms with van der Waals surface area (Å²) in [4.78, 5) is 7.76. The van der Waals surface area contributed by atoms with E-state index in [4.69, 9.17) is 11.6 Å². The average molecular weight is 232 g/mol. The van der Waals surface area contributed by atoms with E-state index >= 15 is 0 Å². The molecule has 1 aliphatic rings. The molecule has 0 spiro atoms. The first-order chi connectivity index (χ1) is 6.75. The highest BCUT2D eigenvalue weighted by Gasteiger charge is 2.18. The molecular formula is C9H14ClN3S. The molecule has 1 N–H and O–H groups in total. The van der Waals surface area contributed by atoms with Crippen molar-refractivity contribution in [3.63, 3.8) is 0 Å². The Bertz CT molecular complexity index is 302. The van der Waals surface area contributed by atoms with Gasteiger partial charge in [-0.25, -0.2) is 4.98 Å². The summed E-state index contributed by atoms with van der Waals surface area (Å²) < 4.78 is 0.641. The molecule has 0 bridgehead atoms. The number of aromatic nitrogens is 1. The van der Waals surface area contributed by atoms with Crippen LogP contribution in [0.5, 0.6) is 0 Å². The van der Waals surface area contributed by atoms with Gasteiger partial charge < -0.3 is 5.32 Å². The van der Waals surface area contributed by atoms with E-state index in [1.807, 2.05) is 6.20 Å². The van der Waals surface area contributed by atoms with E-state index < -0.39 is 0 Å². The van der Waals surface area contributed by atoms with Gasteiger partial charge in [0.25, 0.3) is 0 Å². The highest BCUT2D eigenvalue weighted by Crippen LogP contribution is 2.20. The second kappa shape index (κ2) is 4.57. The van der Waals surface area contributed by atoms with Crippen molar-refractivity contribution in [3.05, 3.63) is 15.5 Å². The van der Waals surface area contributed by atoms with E-state index in [9.17, 15) is 0 Å². The molecule has 0 aromatic carbocycles. The van der Waals surface area contributed by atoms with Crippen molar-refractivity contribution in [2.24, 2.45) is 0 Å². The number of halogens is 1. The molecule has 1 atom stereocenters. The van der Waals surface area contributed by atoms with Gasteiger partial charge in [-0.1, -0.05) is 11.6 Å². The predicted octanol–water partition coefficient (Wildman–Crippen LogP) is 1.59. The minimum absolute atomic E-state index is 0.602. The Labute approximate surface area is 93.1 Å². The molecule has 1 aromatic heterocycles. The fourth-order valence-electron chi connectivity index (χ4n) is 1.67. The van der Waals surface area contributed by atoms with Crippen LogP contribution >= 0.6 is 22.9 Å². The monoisotopic (exact) mass is 231 g/mol. The van der Waals surface area contributed by atoms with Crippen molar-refractivity contribution in [3.8, 4) is 0 Å². The minimum Gasteiger partial charge on any atom is -0.314 e. The molecule has 0 saturated carbocycles. The van der Waals surface area contributed by atoms with Crippen LogP contribution in [0.2, 0.25) is 4.47 Å². The fraction of sp³-hybridized carbons (Fsp3) is 0.667. The number of thiazole rings is 1. The van der Waals surface area contributed by atoms with E-state index in [1.54, 1.807) is 11.3 Å². The number of rotatable bonds is 2. The maximum atomic E-state index is 5.79. The summed E-state index contributed by atoms with van der Waals surface area (Å²) in [5, 5.41) is 3.38. The van der Waals surface area contributed by atoms with Gasteiger partial charge in [-0.3, -0.25) is 4.90 Å². The zero-order chi connectivity index (χ0) is 9.97. The van der Waals surface area contributed by atoms with Crippen molar-refractivity contribution in [1.29, 1.82) is 0 Å². The van der Waals surface area contributed by atoms with E-state index in [0.29, 0.717) is 10.5 Å². The first kappa shape index (κ1) is 10.4. The van der Waals surface area contributed by atoms with Crippen LogP contribution in [0.1, 0.15) is 11.8 Å². The Hall–Kier alpha value is -0.160. The van der Waals surface area contributed by atoms with Gasteiger partial charge in [-0.2, -0.15) is 0 Å². The molecule has 0 aliphatic carbocycles. The Kier molecular flexibility index (Phi) is 3.38. The highest BCUT2D eigenvalue weighted by molar-refractivity contribution is 7.15. The lowest BCUT2D eigenvalue weighted by Gasteiger charge is -2.33. The molecule has 14 heavy (non-hydrogen) atoms. The summed E-state index contributed by atoms with van der Waals surface area (Å²) in [5.41, 5.74) is 0. The summed E-state index contributed by atoms with van der Waals surface area (Å²) in [6, 6.07) is 0.602. The van der Waals surface area contributed by atoms with Crippen molar-refractivity contribution < 1.29 is 0 Å². The zero-order valence-electron chi connectivity index (χ0n) is 8.16. The SMILES string of the molecule is C[C@@H]1CNCCN1Cc1cnc(Cl)s1. The molecule has 2 heterocycles. The summed E-state index contributed by atoms with van der Waals surface area (Å²) in [6.45, 7) is 6.49. The molecule has 1 aliphatic heterocycles. The van der Waals surface area contributed by atoms with Crippen molar-refractivity contribution in [2.75, 3.05) is 19.6 Å². The third kappa shape index (κ3) is 2.45. The van der Waals surface area contributed by atoms with Gasteiger partial charge in [0.1, 0.15) is 0 Å². The predicted molar refractivity (Wildman–Crippen MR) is 59.9 cm³/mol. The third-order valence-electron chi connectivity index (χ3n) is 2.52. The average Bonchev–Trinajstić information content (AvgIpc) is 2.56. The summed E-state index contributed by atoms with van der Waals surface area (Å²) >= 11 is 7.37. The summed E-state index contributed by atoms with van der Waals surface area (Å²) in [7, 11) is 0. The van der Waals surface area contributed by atoms with E-state index in [-0.39, 0.29) is 0 Å². The molecule has 3 nitrogen and oxygen atoms in total. The molecule has 1 saturated heterocycles. The quantitative estimate of drug-likeness (QED) is 0.838. The Morgan fingerprint density at radius 1 is 1.79 bits per heavy atom. The van der Waals surface area contributed by atoms with Gasteiger partial charge >= 0.3 is 0 Å². The normalized spacial score (nSPS) is 24.0. The largest absolute Gasteiger partial charge is 0.314 e. The lowest BCUT2D eigenvalue weighted by molar-refractivity contribution is 0.167. The maximum Gasteiger partial charge on any atom is 0.183 e. The van der Waals surface area contributed by atoms with E-state index in [0.717, 1.165) is 26.2 Å². The summed E-state index contributed by atoms with van der Waals surface area (Å²) in [6.07, 6.45) is 1.88. The first-order valence-electron chi connectivity index (χ1n) is 4.80. The number of hydrogen-bond donors (Lipinski definition) is 1. The van der Waals surface area contributed by atoms with Gasteiger partial charge in [-0.15, -0.1) is 11.3 Å². The van der Waals surface area contributed by atoms with E-state index in [1.165, 1.54) is 4.88 Å². The number of nitrogens with one attached hydrogen (secondary N) is 1. The standard InChI is InChI=1S/C9H14ClN3S/c1-7-4-11-2-3-13(7)6-8-5-12-9(10)14-8/h5,7,11H,2-4,6H2,1H3/t7-/m1/s1. The number of piperazine rings is 1. The fourth-order valence-corrected chi connectivity index (χ4v) is 2.68. The van der Waals surface area contributed by atoms with Crippen LogP contribution < -0.4 is 5.32 Å². The molecule has 5 heteroatoms. The molecular weight excluding hydrogens is 218 g/mol. The molecule has 1 aromatic rings. The molecule has 0 radical (unpaired) electrons. The zero-order valence-corrected chi connectivity index (χ0v) is 9.74. The first-order valence-corrected chi connectivity index (χ1v) is 6.00. The smallest absolute Gasteiger partial charge is 0.183 e. The second-order valence-corrected chi connectivity index (χ2v) is 5.30. The maximum absolute atomic E-state index is 5.79. The van der Waals surface area contributed by atoms with Crippen LogP contribution in [0.25, 0.3) is 0 Å². The van der Waals surface area contributed by atoms with Crippen molar-refractivity contribution >= 4 is 22.9 Å². The van der Waals surface area contributed by atoms with Crippen molar-refractivity contribution in [2.45, 2.75) is 19.5 Å². The van der Waals surface area contributed by atoms with Gasteiger partial charge in [-0.05, 0) is 6.92 Å². The van der Waals surface area contributed by atoms with Gasteiger partial charge in [0, 0.05) is 43.3 Å². The topological polar surface area (TPSA) is 28.2 Å². The lowest BCUT2D eigenvalue weighted by atomic mass is 10.2. The van der Waals surface area contributed by atoms with Gasteiger partial charge in [0.2, 0.25) is 0 Å². The molecule has 1 fully saturated rings. The van der Waals surface area contributed by atoms with Crippen molar-refractivity contribution in [1.82, 2.24) is 15.2 Å². The Morgan fingerprint density at radius 3 is 3.29 bits per heavy atom. The van der Waals surface area contributed by atoms with Crippen LogP contribution in [0.15, 0.2) is 6.20 Å². The number of nitrogens with zero attached hydrogens (tertiary/aromatic N) is 2. The summed E-state index contributed by atoms with van der Waals surface area (Å²) in [5.74, 6) is 0. The minimum atomic E-state index is 0.602. The number of hydrogen-bond acceptors (Lipinski definition) is 4. The molecule has 0 unspecified atom stereocenters. The van der Waals surface area contributed by atoms with Gasteiger partial charge in [0.05, 0.1) is 0 Å². The van der Waals surface area contributed by atoms with Gasteiger partial charge in [0.15, 0.2) is 4.47 Å². The van der Waals surface area contributed by atoms with Crippen LogP contribution in [0.3, 0.4) is 0 Å². The Morgan fingerprint density at radius 2 is 2.64 bits per heavy atom. The van der Waals surface area contributed by atoms with Crippen LogP contribution in [0.4, 0.5) is 0 Å². The third-order valence-corrected chi connectivity index (χ3v) is 3.62. The second-order valence-electron chi connectivity index (χ2n) is 3.60. The Balaban J connectivity index is 1.95. The van der Waals surface area contributed by atoms with Crippen LogP contribution in [0, 0.1) is 0 Å². The molecule has 2 rings (SSSR count). The van der Waals surface area contributed by atoms with E-state index in [2.05, 4.69) is 22.1 Å². The molecule has 0 amide bonds. The lowest BCUT2D eigenvalue weighted by Crippen LogP contribution is -2.49. The molecule has 78 valence electrons. The van der Waals surface area contributed by atoms with Crippen LogP contribution in [-0.4, -0.2) is 35.6 Å². The highest BCUT2D eigenvalue weighted by atomic mass is 35.5.